The molecule has 0 aliphatic carbocycles. The van der Waals surface area contributed by atoms with Crippen molar-refractivity contribution in [2.45, 2.75) is 19.4 Å². The second-order valence-corrected chi connectivity index (χ2v) is 4.57. The van der Waals surface area contributed by atoms with Crippen LogP contribution in [0.3, 0.4) is 0 Å². The molecule has 0 spiro atoms. The molecule has 20 heavy (non-hydrogen) atoms. The van der Waals surface area contributed by atoms with Gasteiger partial charge in [0.15, 0.2) is 0 Å². The third-order valence-corrected chi connectivity index (χ3v) is 2.99. The molecular weight excluding hydrogens is 254 g/mol. The maximum Gasteiger partial charge on any atom is 0.253 e. The van der Waals surface area contributed by atoms with Crippen LogP contribution in [0.4, 0.5) is 0 Å². The fourth-order valence-corrected chi connectivity index (χ4v) is 1.67. The Labute approximate surface area is 120 Å². The molecule has 0 aliphatic rings. The molecule has 4 nitrogen and oxygen atoms in total. The summed E-state index contributed by atoms with van der Waals surface area (Å²) in [7, 11) is 3.38. The number of amides is 1. The fourth-order valence-electron chi connectivity index (χ4n) is 1.67. The first-order valence-electron chi connectivity index (χ1n) is 6.56. The Balaban J connectivity index is 2.73. The van der Waals surface area contributed by atoms with Crippen LogP contribution in [0.2, 0.25) is 0 Å². The van der Waals surface area contributed by atoms with Crippen molar-refractivity contribution >= 4 is 5.91 Å². The zero-order valence-corrected chi connectivity index (χ0v) is 12.2. The normalized spacial score (nSPS) is 11.4. The van der Waals surface area contributed by atoms with Gasteiger partial charge in [0.05, 0.1) is 19.3 Å². The van der Waals surface area contributed by atoms with Gasteiger partial charge in [-0.25, -0.2) is 0 Å². The van der Waals surface area contributed by atoms with E-state index in [-0.39, 0.29) is 18.6 Å². The average Bonchev–Trinajstić information content (AvgIpc) is 2.47. The highest BCUT2D eigenvalue weighted by Crippen LogP contribution is 2.08. The molecule has 0 aliphatic heterocycles. The maximum atomic E-state index is 12.2. The van der Waals surface area contributed by atoms with Crippen molar-refractivity contribution < 1.29 is 14.6 Å². The standard InChI is InChI=1S/C16H21NO3/c1-13(12-20-3)17(2)16(19)15-9-7-14(8-10-15)6-4-5-11-18/h7-10,13,18H,5,11-12H2,1-3H3. The van der Waals surface area contributed by atoms with Crippen LogP contribution in [0.15, 0.2) is 24.3 Å². The van der Waals surface area contributed by atoms with Crippen molar-refractivity contribution in [1.29, 1.82) is 0 Å². The molecule has 0 aromatic heterocycles. The minimum Gasteiger partial charge on any atom is -0.395 e. The SMILES string of the molecule is COCC(C)N(C)C(=O)c1ccc(C#CCCO)cc1. The van der Waals surface area contributed by atoms with Crippen LogP contribution < -0.4 is 0 Å². The zero-order valence-electron chi connectivity index (χ0n) is 12.2. The van der Waals surface area contributed by atoms with Crippen molar-refractivity contribution in [2.75, 3.05) is 27.4 Å². The second-order valence-electron chi connectivity index (χ2n) is 4.57. The van der Waals surface area contributed by atoms with Crippen LogP contribution in [-0.2, 0) is 4.74 Å². The minimum atomic E-state index is -0.0376. The zero-order chi connectivity index (χ0) is 15.0. The number of carbonyl (C=O) groups is 1. The smallest absolute Gasteiger partial charge is 0.253 e. The highest BCUT2D eigenvalue weighted by molar-refractivity contribution is 5.94. The molecule has 1 rings (SSSR count). The minimum absolute atomic E-state index is 0.0246. The number of benzene rings is 1. The van der Waals surface area contributed by atoms with Gasteiger partial charge >= 0.3 is 0 Å². The van der Waals surface area contributed by atoms with E-state index in [4.69, 9.17) is 9.84 Å². The van der Waals surface area contributed by atoms with E-state index in [1.807, 2.05) is 19.1 Å². The van der Waals surface area contributed by atoms with E-state index < -0.39 is 0 Å². The number of rotatable bonds is 5. The van der Waals surface area contributed by atoms with Gasteiger partial charge in [-0.1, -0.05) is 11.8 Å². The molecule has 0 bridgehead atoms. The van der Waals surface area contributed by atoms with E-state index in [0.29, 0.717) is 18.6 Å². The molecule has 0 fully saturated rings. The summed E-state index contributed by atoms with van der Waals surface area (Å²) in [5.41, 5.74) is 1.46. The summed E-state index contributed by atoms with van der Waals surface area (Å²) >= 11 is 0. The van der Waals surface area contributed by atoms with Crippen LogP contribution in [0, 0.1) is 11.8 Å². The van der Waals surface area contributed by atoms with Crippen LogP contribution in [0.25, 0.3) is 0 Å². The van der Waals surface area contributed by atoms with Gasteiger partial charge in [-0.2, -0.15) is 0 Å². The molecule has 4 heteroatoms. The van der Waals surface area contributed by atoms with Gasteiger partial charge in [-0.3, -0.25) is 4.79 Å². The summed E-state index contributed by atoms with van der Waals surface area (Å²) in [5, 5.41) is 8.66. The van der Waals surface area contributed by atoms with Crippen LogP contribution >= 0.6 is 0 Å². The number of methoxy groups -OCH3 is 1. The number of likely N-dealkylation sites (N-methyl/N-ethyl adjacent to an activating group) is 1. The Hall–Kier alpha value is -1.83. The van der Waals surface area contributed by atoms with Crippen molar-refractivity contribution in [3.63, 3.8) is 0 Å². The Morgan fingerprint density at radius 2 is 2.05 bits per heavy atom. The first kappa shape index (κ1) is 16.2. The van der Waals surface area contributed by atoms with Crippen LogP contribution in [-0.4, -0.2) is 49.3 Å². The van der Waals surface area contributed by atoms with Gasteiger partial charge in [0, 0.05) is 31.7 Å². The van der Waals surface area contributed by atoms with Crippen LogP contribution in [0.5, 0.6) is 0 Å². The second kappa shape index (κ2) is 8.36. The predicted octanol–water partition coefficient (Wildman–Crippen LogP) is 1.53. The molecule has 0 radical (unpaired) electrons. The van der Waals surface area contributed by atoms with Gasteiger partial charge in [0.1, 0.15) is 0 Å². The van der Waals surface area contributed by atoms with Gasteiger partial charge in [-0.05, 0) is 31.2 Å². The van der Waals surface area contributed by atoms with Gasteiger partial charge in [0.25, 0.3) is 5.91 Å². The molecular formula is C16H21NO3. The quantitative estimate of drug-likeness (QED) is 0.829. The van der Waals surface area contributed by atoms with Gasteiger partial charge in [0.2, 0.25) is 0 Å². The lowest BCUT2D eigenvalue weighted by molar-refractivity contribution is 0.0633. The van der Waals surface area contributed by atoms with Crippen molar-refractivity contribution in [2.24, 2.45) is 0 Å². The molecule has 1 unspecified atom stereocenters. The van der Waals surface area contributed by atoms with Crippen molar-refractivity contribution in [3.8, 4) is 11.8 Å². The summed E-state index contributed by atoms with van der Waals surface area (Å²) in [6.07, 6.45) is 0.456. The van der Waals surface area contributed by atoms with E-state index in [1.54, 1.807) is 31.2 Å². The lowest BCUT2D eigenvalue weighted by Crippen LogP contribution is -2.37. The highest BCUT2D eigenvalue weighted by atomic mass is 16.5. The maximum absolute atomic E-state index is 12.2. The molecule has 108 valence electrons. The first-order chi connectivity index (χ1) is 9.60. The number of hydrogen-bond donors (Lipinski definition) is 1. The van der Waals surface area contributed by atoms with Crippen LogP contribution in [0.1, 0.15) is 29.3 Å². The lowest BCUT2D eigenvalue weighted by Gasteiger charge is -2.24. The number of ether oxygens (including phenoxy) is 1. The molecule has 0 heterocycles. The molecule has 0 saturated carbocycles. The first-order valence-corrected chi connectivity index (χ1v) is 6.56. The summed E-state index contributed by atoms with van der Waals surface area (Å²) in [4.78, 5) is 13.9. The Bertz CT molecular complexity index is 485. The van der Waals surface area contributed by atoms with Gasteiger partial charge < -0.3 is 14.7 Å². The van der Waals surface area contributed by atoms with Crippen molar-refractivity contribution in [1.82, 2.24) is 4.90 Å². The molecule has 1 N–H and O–H groups in total. The van der Waals surface area contributed by atoms with E-state index in [1.165, 1.54) is 0 Å². The van der Waals surface area contributed by atoms with E-state index in [9.17, 15) is 4.79 Å². The third-order valence-electron chi connectivity index (χ3n) is 2.99. The largest absolute Gasteiger partial charge is 0.395 e. The Morgan fingerprint density at radius 1 is 1.40 bits per heavy atom. The average molecular weight is 275 g/mol. The highest BCUT2D eigenvalue weighted by Gasteiger charge is 2.16. The molecule has 0 saturated heterocycles. The lowest BCUT2D eigenvalue weighted by atomic mass is 10.1. The molecule has 1 aromatic carbocycles. The number of hydrogen-bond acceptors (Lipinski definition) is 3. The summed E-state index contributed by atoms with van der Waals surface area (Å²) in [5.74, 6) is 5.74. The van der Waals surface area contributed by atoms with E-state index in [2.05, 4.69) is 11.8 Å². The van der Waals surface area contributed by atoms with Crippen molar-refractivity contribution in [3.05, 3.63) is 35.4 Å². The fraction of sp³-hybridized carbons (Fsp3) is 0.438. The summed E-state index contributed by atoms with van der Waals surface area (Å²) in [6.45, 7) is 2.51. The third kappa shape index (κ3) is 4.69. The summed E-state index contributed by atoms with van der Waals surface area (Å²) in [6, 6.07) is 7.18. The number of carbonyl (C=O) groups excluding carboxylic acids is 1. The van der Waals surface area contributed by atoms with Gasteiger partial charge in [-0.15, -0.1) is 0 Å². The predicted molar refractivity (Wildman–Crippen MR) is 78.5 cm³/mol. The van der Waals surface area contributed by atoms with E-state index in [0.717, 1.165) is 5.56 Å². The Kier molecular flexibility index (Phi) is 6.78. The molecule has 1 aromatic rings. The monoisotopic (exact) mass is 275 g/mol. The van der Waals surface area contributed by atoms with E-state index >= 15 is 0 Å². The number of nitrogens with zero attached hydrogens (tertiary/aromatic N) is 1. The Morgan fingerprint density at radius 3 is 2.60 bits per heavy atom. The number of aliphatic hydroxyl groups excluding tert-OH is 1. The summed E-state index contributed by atoms with van der Waals surface area (Å²) < 4.78 is 5.05. The molecule has 1 atom stereocenters. The molecule has 1 amide bonds. The number of aliphatic hydroxyl groups is 1. The topological polar surface area (TPSA) is 49.8 Å².